The summed E-state index contributed by atoms with van der Waals surface area (Å²) in [5.41, 5.74) is 2.83. The van der Waals surface area contributed by atoms with Gasteiger partial charge in [-0.25, -0.2) is 9.86 Å². The van der Waals surface area contributed by atoms with Crippen LogP contribution in [0.25, 0.3) is 0 Å². The summed E-state index contributed by atoms with van der Waals surface area (Å²) in [6.07, 6.45) is 5.96. The number of hydrogen-bond donors (Lipinski definition) is 2. The van der Waals surface area contributed by atoms with Crippen LogP contribution in [-0.2, 0) is 11.2 Å². The second kappa shape index (κ2) is 14.5. The first-order valence-corrected chi connectivity index (χ1v) is 13.1. The summed E-state index contributed by atoms with van der Waals surface area (Å²) in [7, 11) is 6.39. The Balaban J connectivity index is 1.86. The van der Waals surface area contributed by atoms with Crippen molar-refractivity contribution in [1.29, 1.82) is 0 Å². The molecule has 1 aliphatic rings. The number of carbonyl (C=O) groups is 1. The molecule has 10 heteroatoms. The molecule has 214 valence electrons. The van der Waals surface area contributed by atoms with E-state index in [4.69, 9.17) is 28.4 Å². The van der Waals surface area contributed by atoms with E-state index in [1.807, 2.05) is 25.1 Å². The van der Waals surface area contributed by atoms with Crippen LogP contribution in [0.4, 0.5) is 4.79 Å². The summed E-state index contributed by atoms with van der Waals surface area (Å²) >= 11 is 0. The van der Waals surface area contributed by atoms with Crippen LogP contribution in [0.5, 0.6) is 28.7 Å². The standard InChI is InChI=1S/C29H40N2O8/c1-7-14-38-27-19(10-9-13-30-29(32)31(33)8-2)15-20(16-24(27)34-3)22-11-12-23(39-22)21-17-25(35-4)28(37-6)26(18-21)36-5/h9,13,15-18,22-23,33H,7-8,10-12,14H2,1-6H3,(H,30,32). The van der Waals surface area contributed by atoms with Crippen molar-refractivity contribution in [2.24, 2.45) is 0 Å². The molecule has 0 bridgehead atoms. The monoisotopic (exact) mass is 544 g/mol. The lowest BCUT2D eigenvalue weighted by Crippen LogP contribution is -2.34. The van der Waals surface area contributed by atoms with E-state index in [0.29, 0.717) is 46.8 Å². The van der Waals surface area contributed by atoms with E-state index in [1.54, 1.807) is 41.4 Å². The highest BCUT2D eigenvalue weighted by Crippen LogP contribution is 2.47. The average molecular weight is 545 g/mol. The summed E-state index contributed by atoms with van der Waals surface area (Å²) in [4.78, 5) is 11.8. The number of nitrogens with zero attached hydrogens (tertiary/aromatic N) is 1. The Kier molecular flexibility index (Phi) is 11.1. The van der Waals surface area contributed by atoms with Crippen molar-refractivity contribution < 1.29 is 38.4 Å². The number of methoxy groups -OCH3 is 4. The van der Waals surface area contributed by atoms with Crippen LogP contribution in [0.15, 0.2) is 36.5 Å². The van der Waals surface area contributed by atoms with E-state index < -0.39 is 6.03 Å². The van der Waals surface area contributed by atoms with Gasteiger partial charge < -0.3 is 33.7 Å². The van der Waals surface area contributed by atoms with E-state index >= 15 is 0 Å². The van der Waals surface area contributed by atoms with Crippen molar-refractivity contribution in [1.82, 2.24) is 10.4 Å². The fourth-order valence-corrected chi connectivity index (χ4v) is 4.49. The number of amides is 2. The van der Waals surface area contributed by atoms with Crippen molar-refractivity contribution in [2.45, 2.75) is 51.7 Å². The van der Waals surface area contributed by atoms with Gasteiger partial charge in [0.25, 0.3) is 0 Å². The van der Waals surface area contributed by atoms with Crippen LogP contribution >= 0.6 is 0 Å². The van der Waals surface area contributed by atoms with Gasteiger partial charge in [-0.05, 0) is 68.0 Å². The maximum absolute atomic E-state index is 11.8. The average Bonchev–Trinajstić information content (AvgIpc) is 3.47. The molecule has 1 fully saturated rings. The van der Waals surface area contributed by atoms with Crippen LogP contribution in [0, 0.1) is 0 Å². The van der Waals surface area contributed by atoms with E-state index in [0.717, 1.165) is 36.0 Å². The maximum atomic E-state index is 11.8. The molecular formula is C29H40N2O8. The molecule has 2 atom stereocenters. The number of carbonyl (C=O) groups excluding carboxylic acids is 1. The predicted octanol–water partition coefficient (Wildman–Crippen LogP) is 5.58. The number of ether oxygens (including phenoxy) is 6. The Bertz CT molecular complexity index is 1110. The molecule has 2 unspecified atom stereocenters. The normalized spacial score (nSPS) is 16.7. The van der Waals surface area contributed by atoms with Gasteiger partial charge in [0.05, 0.1) is 47.3 Å². The molecule has 0 radical (unpaired) electrons. The summed E-state index contributed by atoms with van der Waals surface area (Å²) in [5, 5.41) is 12.7. The zero-order chi connectivity index (χ0) is 28.4. The Morgan fingerprint density at radius 2 is 1.51 bits per heavy atom. The smallest absolute Gasteiger partial charge is 0.345 e. The molecule has 2 amide bonds. The molecule has 2 N–H and O–H groups in total. The third-order valence-electron chi connectivity index (χ3n) is 6.47. The number of urea groups is 1. The fraction of sp³-hybridized carbons (Fsp3) is 0.483. The van der Waals surface area contributed by atoms with Gasteiger partial charge in [0.15, 0.2) is 23.0 Å². The number of benzene rings is 2. The van der Waals surface area contributed by atoms with Gasteiger partial charge in [-0.2, -0.15) is 0 Å². The molecule has 2 aromatic carbocycles. The highest BCUT2D eigenvalue weighted by Gasteiger charge is 2.31. The van der Waals surface area contributed by atoms with E-state index in [9.17, 15) is 10.0 Å². The minimum Gasteiger partial charge on any atom is -0.493 e. The van der Waals surface area contributed by atoms with Gasteiger partial charge in [0.1, 0.15) is 0 Å². The van der Waals surface area contributed by atoms with E-state index in [-0.39, 0.29) is 18.8 Å². The zero-order valence-corrected chi connectivity index (χ0v) is 23.6. The largest absolute Gasteiger partial charge is 0.493 e. The lowest BCUT2D eigenvalue weighted by Gasteiger charge is -2.20. The van der Waals surface area contributed by atoms with Gasteiger partial charge in [0.2, 0.25) is 5.75 Å². The van der Waals surface area contributed by atoms with Crippen LogP contribution < -0.4 is 29.0 Å². The molecule has 39 heavy (non-hydrogen) atoms. The number of nitrogens with one attached hydrogen (secondary N) is 1. The molecule has 0 saturated carbocycles. The van der Waals surface area contributed by atoms with Gasteiger partial charge in [-0.3, -0.25) is 5.21 Å². The highest BCUT2D eigenvalue weighted by atomic mass is 16.5. The van der Waals surface area contributed by atoms with Crippen LogP contribution in [0.1, 0.15) is 62.0 Å². The van der Waals surface area contributed by atoms with Crippen LogP contribution in [0.2, 0.25) is 0 Å². The molecule has 2 aromatic rings. The third-order valence-corrected chi connectivity index (χ3v) is 6.47. The topological polar surface area (TPSA) is 108 Å². The van der Waals surface area contributed by atoms with E-state index in [1.165, 1.54) is 6.20 Å². The number of hydroxylamine groups is 2. The second-order valence-electron chi connectivity index (χ2n) is 8.98. The lowest BCUT2D eigenvalue weighted by atomic mass is 9.99. The maximum Gasteiger partial charge on any atom is 0.345 e. The number of allylic oxidation sites excluding steroid dienone is 1. The van der Waals surface area contributed by atoms with Crippen molar-refractivity contribution >= 4 is 6.03 Å². The first-order valence-electron chi connectivity index (χ1n) is 13.1. The molecule has 1 saturated heterocycles. The quantitative estimate of drug-likeness (QED) is 0.249. The van der Waals surface area contributed by atoms with Crippen LogP contribution in [0.3, 0.4) is 0 Å². The van der Waals surface area contributed by atoms with Gasteiger partial charge in [-0.1, -0.05) is 13.0 Å². The molecule has 1 aliphatic heterocycles. The Morgan fingerprint density at radius 1 is 0.949 bits per heavy atom. The van der Waals surface area contributed by atoms with Crippen molar-refractivity contribution in [2.75, 3.05) is 41.6 Å². The fourth-order valence-electron chi connectivity index (χ4n) is 4.49. The minimum absolute atomic E-state index is 0.149. The molecule has 1 heterocycles. The van der Waals surface area contributed by atoms with Crippen molar-refractivity contribution in [3.05, 3.63) is 53.2 Å². The summed E-state index contributed by atoms with van der Waals surface area (Å²) in [5.74, 6) is 3.00. The first kappa shape index (κ1) is 29.9. The molecule has 0 aromatic heterocycles. The highest BCUT2D eigenvalue weighted by molar-refractivity contribution is 5.73. The Labute approximate surface area is 230 Å². The van der Waals surface area contributed by atoms with Crippen LogP contribution in [-0.4, -0.2) is 57.9 Å². The van der Waals surface area contributed by atoms with Crippen molar-refractivity contribution in [3.8, 4) is 28.7 Å². The Morgan fingerprint density at radius 3 is 2.03 bits per heavy atom. The summed E-state index contributed by atoms with van der Waals surface area (Å²) in [6, 6.07) is 7.28. The number of rotatable bonds is 13. The van der Waals surface area contributed by atoms with Crippen molar-refractivity contribution in [3.63, 3.8) is 0 Å². The zero-order valence-electron chi connectivity index (χ0n) is 23.6. The molecule has 3 rings (SSSR count). The minimum atomic E-state index is -0.597. The third kappa shape index (κ3) is 7.27. The molecule has 10 nitrogen and oxygen atoms in total. The Hall–Kier alpha value is -3.63. The second-order valence-corrected chi connectivity index (χ2v) is 8.98. The number of hydrogen-bond acceptors (Lipinski definition) is 8. The lowest BCUT2D eigenvalue weighted by molar-refractivity contribution is -0.0371. The predicted molar refractivity (Wildman–Crippen MR) is 146 cm³/mol. The molecule has 0 aliphatic carbocycles. The van der Waals surface area contributed by atoms with E-state index in [2.05, 4.69) is 11.4 Å². The molecular weight excluding hydrogens is 504 g/mol. The van der Waals surface area contributed by atoms with Gasteiger partial charge >= 0.3 is 6.03 Å². The summed E-state index contributed by atoms with van der Waals surface area (Å²) < 4.78 is 34.8. The summed E-state index contributed by atoms with van der Waals surface area (Å²) in [6.45, 7) is 4.45. The molecule has 0 spiro atoms. The SMILES string of the molecule is CCCOc1c(CC=CNC(=O)N(O)CC)cc(C2CCC(c3cc(OC)c(OC)c(OC)c3)O2)cc1OC. The van der Waals surface area contributed by atoms with Gasteiger partial charge in [0, 0.05) is 18.3 Å². The van der Waals surface area contributed by atoms with Gasteiger partial charge in [-0.15, -0.1) is 0 Å². The first-order chi connectivity index (χ1) is 18.9.